The summed E-state index contributed by atoms with van der Waals surface area (Å²) in [7, 11) is 0. The van der Waals surface area contributed by atoms with Gasteiger partial charge in [-0.2, -0.15) is 5.26 Å². The molecule has 1 aromatic rings. The second-order valence-corrected chi connectivity index (χ2v) is 11.9. The van der Waals surface area contributed by atoms with Crippen molar-refractivity contribution in [1.82, 2.24) is 9.47 Å². The fourth-order valence-electron chi connectivity index (χ4n) is 5.00. The van der Waals surface area contributed by atoms with Gasteiger partial charge in [0.25, 0.3) is 11.5 Å². The molecule has 2 fully saturated rings. The molecule has 0 N–H and O–H groups in total. The highest BCUT2D eigenvalue weighted by atomic mass is 32.2. The first-order valence-electron chi connectivity index (χ1n) is 12.3. The van der Waals surface area contributed by atoms with Crippen molar-refractivity contribution in [3.8, 4) is 6.07 Å². The molecule has 34 heavy (non-hydrogen) atoms. The van der Waals surface area contributed by atoms with Crippen LogP contribution in [0.2, 0.25) is 0 Å². The molecule has 0 spiro atoms. The molecule has 3 heterocycles. The Labute approximate surface area is 213 Å². The van der Waals surface area contributed by atoms with Crippen molar-refractivity contribution in [2.45, 2.75) is 67.3 Å². The highest BCUT2D eigenvalue weighted by molar-refractivity contribution is 8.26. The number of anilines is 1. The van der Waals surface area contributed by atoms with Crippen LogP contribution in [-0.2, 0) is 11.3 Å². The predicted molar refractivity (Wildman–Crippen MR) is 145 cm³/mol. The number of carbonyl (C=O) groups excluding carboxylic acids is 1. The number of carbonyl (C=O) groups is 1. The molecule has 1 amide bonds. The van der Waals surface area contributed by atoms with E-state index in [2.05, 4.69) is 45.6 Å². The maximum Gasteiger partial charge on any atom is 0.270 e. The first kappa shape index (κ1) is 26.5. The zero-order valence-electron chi connectivity index (χ0n) is 21.2. The van der Waals surface area contributed by atoms with Crippen molar-refractivity contribution in [3.05, 3.63) is 31.9 Å². The molecule has 1 aromatic heterocycles. The van der Waals surface area contributed by atoms with Gasteiger partial charge in [-0.25, -0.2) is 0 Å². The number of unbranched alkanes of at least 4 members (excludes halogenated alkanes) is 1. The third-order valence-corrected chi connectivity index (χ3v) is 7.82. The highest BCUT2D eigenvalue weighted by Crippen LogP contribution is 2.37. The summed E-state index contributed by atoms with van der Waals surface area (Å²) in [5, 5.41) is 9.86. The van der Waals surface area contributed by atoms with Crippen LogP contribution in [0.4, 0.5) is 5.82 Å². The lowest BCUT2D eigenvalue weighted by atomic mass is 9.91. The Morgan fingerprint density at radius 1 is 1.24 bits per heavy atom. The molecular weight excluding hydrogens is 464 g/mol. The fourth-order valence-corrected chi connectivity index (χ4v) is 6.25. The first-order chi connectivity index (χ1) is 16.1. The van der Waals surface area contributed by atoms with Crippen LogP contribution in [0.15, 0.2) is 9.70 Å². The summed E-state index contributed by atoms with van der Waals surface area (Å²) in [4.78, 5) is 31.2. The third kappa shape index (κ3) is 5.41. The van der Waals surface area contributed by atoms with E-state index in [4.69, 9.17) is 12.2 Å². The first-order valence-corrected chi connectivity index (χ1v) is 13.5. The van der Waals surface area contributed by atoms with E-state index in [0.717, 1.165) is 43.7 Å². The standard InChI is InChI=1S/C26H36N4O2S2/c1-7-8-9-29-23(28-14-17(4)10-18(5)15-28)20(19(6)21(12-27)24(29)31)11-22-25(32)30(13-16(2)3)26(33)34-22/h11,16-18H,7-10,13-15H2,1-6H3. The van der Waals surface area contributed by atoms with E-state index >= 15 is 0 Å². The molecular formula is C26H36N4O2S2. The van der Waals surface area contributed by atoms with E-state index in [-0.39, 0.29) is 17.0 Å². The molecule has 0 aromatic carbocycles. The van der Waals surface area contributed by atoms with Gasteiger partial charge in [0.15, 0.2) is 0 Å². The predicted octanol–water partition coefficient (Wildman–Crippen LogP) is 5.17. The van der Waals surface area contributed by atoms with Gasteiger partial charge in [0.1, 0.15) is 21.8 Å². The molecule has 0 saturated carbocycles. The molecule has 2 atom stereocenters. The van der Waals surface area contributed by atoms with Crippen molar-refractivity contribution < 1.29 is 4.79 Å². The number of aromatic nitrogens is 1. The van der Waals surface area contributed by atoms with Crippen LogP contribution >= 0.6 is 24.0 Å². The molecule has 0 aliphatic carbocycles. The summed E-state index contributed by atoms with van der Waals surface area (Å²) in [6.07, 6.45) is 4.80. The number of piperidine rings is 1. The lowest BCUT2D eigenvalue weighted by Crippen LogP contribution is -2.43. The van der Waals surface area contributed by atoms with Crippen molar-refractivity contribution in [1.29, 1.82) is 5.26 Å². The molecule has 0 bridgehead atoms. The van der Waals surface area contributed by atoms with Crippen molar-refractivity contribution in [3.63, 3.8) is 0 Å². The van der Waals surface area contributed by atoms with Crippen LogP contribution in [0.5, 0.6) is 0 Å². The quantitative estimate of drug-likeness (QED) is 0.380. The molecule has 2 aliphatic heterocycles. The Bertz CT molecular complexity index is 1090. The van der Waals surface area contributed by atoms with Crippen molar-refractivity contribution >= 4 is 46.1 Å². The van der Waals surface area contributed by atoms with Crippen LogP contribution in [0.1, 0.15) is 70.6 Å². The highest BCUT2D eigenvalue weighted by Gasteiger charge is 2.34. The zero-order valence-corrected chi connectivity index (χ0v) is 22.8. The smallest absolute Gasteiger partial charge is 0.270 e. The number of hydrogen-bond acceptors (Lipinski definition) is 6. The number of amides is 1. The average Bonchev–Trinajstić information content (AvgIpc) is 3.01. The fraction of sp³-hybridized carbons (Fsp3) is 0.615. The van der Waals surface area contributed by atoms with E-state index in [1.807, 2.05) is 13.0 Å². The minimum atomic E-state index is -0.237. The van der Waals surface area contributed by atoms with Gasteiger partial charge in [0, 0.05) is 31.7 Å². The van der Waals surface area contributed by atoms with Crippen LogP contribution in [0.3, 0.4) is 0 Å². The molecule has 8 heteroatoms. The Morgan fingerprint density at radius 3 is 2.44 bits per heavy atom. The zero-order chi connectivity index (χ0) is 25.2. The van der Waals surface area contributed by atoms with Crippen LogP contribution in [-0.4, -0.2) is 39.3 Å². The van der Waals surface area contributed by atoms with E-state index in [9.17, 15) is 14.9 Å². The van der Waals surface area contributed by atoms with E-state index in [1.165, 1.54) is 11.8 Å². The Balaban J connectivity index is 2.24. The Morgan fingerprint density at radius 2 is 1.88 bits per heavy atom. The van der Waals surface area contributed by atoms with Gasteiger partial charge in [-0.05, 0) is 49.2 Å². The molecule has 2 unspecified atom stereocenters. The summed E-state index contributed by atoms with van der Waals surface area (Å²) in [6, 6.07) is 2.14. The molecule has 0 radical (unpaired) electrons. The largest absolute Gasteiger partial charge is 0.357 e. The molecule has 2 aliphatic rings. The summed E-state index contributed by atoms with van der Waals surface area (Å²) in [6.45, 7) is 15.3. The number of nitriles is 1. The molecule has 6 nitrogen and oxygen atoms in total. The van der Waals surface area contributed by atoms with Gasteiger partial charge in [-0.3, -0.25) is 19.1 Å². The lowest BCUT2D eigenvalue weighted by Gasteiger charge is -2.39. The van der Waals surface area contributed by atoms with Gasteiger partial charge >= 0.3 is 0 Å². The van der Waals surface area contributed by atoms with E-state index in [0.29, 0.717) is 45.6 Å². The number of rotatable bonds is 7. The van der Waals surface area contributed by atoms with Gasteiger partial charge in [-0.15, -0.1) is 0 Å². The monoisotopic (exact) mass is 500 g/mol. The van der Waals surface area contributed by atoms with Crippen molar-refractivity contribution in [2.24, 2.45) is 17.8 Å². The van der Waals surface area contributed by atoms with Gasteiger partial charge in [-0.1, -0.05) is 65.0 Å². The second-order valence-electron chi connectivity index (χ2n) is 10.2. The maximum atomic E-state index is 13.4. The minimum absolute atomic E-state index is 0.0979. The van der Waals surface area contributed by atoms with Crippen LogP contribution in [0, 0.1) is 36.0 Å². The summed E-state index contributed by atoms with van der Waals surface area (Å²) in [5.74, 6) is 2.02. The molecule has 3 rings (SSSR count). The Hall–Kier alpha value is -2.11. The summed E-state index contributed by atoms with van der Waals surface area (Å²) >= 11 is 6.82. The van der Waals surface area contributed by atoms with E-state index < -0.39 is 0 Å². The Kier molecular flexibility index (Phi) is 8.64. The van der Waals surface area contributed by atoms with Crippen LogP contribution < -0.4 is 10.5 Å². The third-order valence-electron chi connectivity index (χ3n) is 6.45. The summed E-state index contributed by atoms with van der Waals surface area (Å²) < 4.78 is 2.34. The van der Waals surface area contributed by atoms with E-state index in [1.54, 1.807) is 9.47 Å². The average molecular weight is 501 g/mol. The topological polar surface area (TPSA) is 69.3 Å². The van der Waals surface area contributed by atoms with Gasteiger partial charge in [0.05, 0.1) is 4.91 Å². The van der Waals surface area contributed by atoms with Gasteiger partial charge in [0.2, 0.25) is 0 Å². The molecule has 184 valence electrons. The molecule has 2 saturated heterocycles. The number of pyridine rings is 1. The maximum absolute atomic E-state index is 13.4. The van der Waals surface area contributed by atoms with Crippen LogP contribution in [0.25, 0.3) is 6.08 Å². The normalized spacial score (nSPS) is 22.2. The number of thiocarbonyl (C=S) groups is 1. The van der Waals surface area contributed by atoms with Crippen molar-refractivity contribution in [2.75, 3.05) is 24.5 Å². The minimum Gasteiger partial charge on any atom is -0.357 e. The van der Waals surface area contributed by atoms with Gasteiger partial charge < -0.3 is 4.90 Å². The number of thioether (sulfide) groups is 1. The lowest BCUT2D eigenvalue weighted by molar-refractivity contribution is -0.122. The number of nitrogens with zero attached hydrogens (tertiary/aromatic N) is 4. The SMILES string of the molecule is CCCCn1c(N2CC(C)CC(C)C2)c(C=C2SC(=S)N(CC(C)C)C2=O)c(C)c(C#N)c1=O. The summed E-state index contributed by atoms with van der Waals surface area (Å²) in [5.41, 5.74) is 1.34. The second kappa shape index (κ2) is 11.1. The number of hydrogen-bond donors (Lipinski definition) is 0.